The Bertz CT molecular complexity index is 1360. The molecule has 0 fully saturated rings. The molecule has 2 N–H and O–H groups in total. The zero-order chi connectivity index (χ0) is 22.9. The number of phenolic OH excluding ortho intramolecular Hbond substituents is 2. The van der Waals surface area contributed by atoms with E-state index in [1.807, 2.05) is 0 Å². The second kappa shape index (κ2) is 8.37. The Morgan fingerprint density at radius 1 is 0.710 bits per heavy atom. The maximum Gasteiger partial charge on any atom is 0.300 e. The quantitative estimate of drug-likeness (QED) is 0.158. The number of phenols is 2. The second-order valence-corrected chi connectivity index (χ2v) is 12.7. The zero-order valence-corrected chi connectivity index (χ0v) is 25.1. The number of halogens is 6. The van der Waals surface area contributed by atoms with Crippen LogP contribution in [0.25, 0.3) is 0 Å². The number of hydrogen-bond acceptors (Lipinski definition) is 5. The summed E-state index contributed by atoms with van der Waals surface area (Å²) in [4.78, 5) is -0.0429. The maximum atomic E-state index is 13.3. The van der Waals surface area contributed by atoms with E-state index in [4.69, 9.17) is 4.18 Å². The van der Waals surface area contributed by atoms with Crippen LogP contribution in [0.1, 0.15) is 16.7 Å². The summed E-state index contributed by atoms with van der Waals surface area (Å²) in [5, 5.41) is 20.0. The van der Waals surface area contributed by atoms with Gasteiger partial charge in [-0.25, -0.2) is 4.18 Å². The van der Waals surface area contributed by atoms with Crippen molar-refractivity contribution in [2.75, 3.05) is 0 Å². The smallest absolute Gasteiger partial charge is 0.300 e. The number of rotatable bonds is 2. The van der Waals surface area contributed by atoms with Crippen LogP contribution in [0.3, 0.4) is 0 Å². The minimum Gasteiger partial charge on any atom is -0.508 e. The average molecular weight is 828 g/mol. The van der Waals surface area contributed by atoms with Crippen molar-refractivity contribution < 1.29 is 22.8 Å². The van der Waals surface area contributed by atoms with Gasteiger partial charge in [0.2, 0.25) is 0 Å². The molecule has 0 amide bonds. The molecule has 162 valence electrons. The Balaban J connectivity index is 2.26. The Morgan fingerprint density at radius 2 is 1.29 bits per heavy atom. The number of benzene rings is 3. The van der Waals surface area contributed by atoms with Crippen LogP contribution in [-0.4, -0.2) is 18.6 Å². The van der Waals surface area contributed by atoms with E-state index in [2.05, 4.69) is 95.6 Å². The first-order valence-corrected chi connectivity index (χ1v) is 14.4. The largest absolute Gasteiger partial charge is 0.508 e. The van der Waals surface area contributed by atoms with Gasteiger partial charge in [0.15, 0.2) is 5.60 Å². The van der Waals surface area contributed by atoms with Crippen molar-refractivity contribution in [1.82, 2.24) is 0 Å². The molecule has 5 nitrogen and oxygen atoms in total. The maximum absolute atomic E-state index is 13.3. The fraction of sp³-hybridized carbons (Fsp3) is 0.0526. The Labute approximate surface area is 228 Å². The van der Waals surface area contributed by atoms with Gasteiger partial charge in [-0.3, -0.25) is 0 Å². The highest BCUT2D eigenvalue weighted by molar-refractivity contribution is 9.15. The van der Waals surface area contributed by atoms with Gasteiger partial charge in [-0.2, -0.15) is 8.42 Å². The fourth-order valence-electron chi connectivity index (χ4n) is 3.44. The molecule has 1 aliphatic heterocycles. The molecule has 1 unspecified atom stereocenters. The standard InChI is InChI=1S/C19H8Br6O5S/c20-12-9(5-6-10(27)13(12)21)19(7-1-3-8(26)4-2-7)11-14(22)15(23)16(24)17(25)18(11)31(28,29)30-19/h1-6,26-27H. The lowest BCUT2D eigenvalue weighted by atomic mass is 9.80. The molecule has 3 aromatic rings. The van der Waals surface area contributed by atoms with Crippen LogP contribution in [0, 0.1) is 0 Å². The van der Waals surface area contributed by atoms with Crippen molar-refractivity contribution >= 4 is 106 Å². The summed E-state index contributed by atoms with van der Waals surface area (Å²) < 4.78 is 35.2. The molecule has 31 heavy (non-hydrogen) atoms. The Hall–Kier alpha value is 0.0500. The van der Waals surface area contributed by atoms with E-state index in [0.717, 1.165) is 0 Å². The molecule has 1 atom stereocenters. The number of hydrogen-bond donors (Lipinski definition) is 2. The van der Waals surface area contributed by atoms with E-state index in [0.29, 0.717) is 43.5 Å². The van der Waals surface area contributed by atoms with Gasteiger partial charge in [-0.1, -0.05) is 18.2 Å². The fourth-order valence-corrected chi connectivity index (χ4v) is 9.16. The molecule has 0 aromatic heterocycles. The molecule has 1 heterocycles. The molecule has 0 spiro atoms. The topological polar surface area (TPSA) is 83.8 Å². The summed E-state index contributed by atoms with van der Waals surface area (Å²) in [6, 6.07) is 9.10. The van der Waals surface area contributed by atoms with E-state index in [1.165, 1.54) is 18.2 Å². The Kier molecular flexibility index (Phi) is 6.53. The third kappa shape index (κ3) is 3.60. The van der Waals surface area contributed by atoms with Gasteiger partial charge in [0, 0.05) is 29.0 Å². The molecule has 12 heteroatoms. The third-order valence-corrected chi connectivity index (χ3v) is 13.3. The number of fused-ring (bicyclic) bond motifs is 1. The van der Waals surface area contributed by atoms with Crippen LogP contribution in [0.15, 0.2) is 68.1 Å². The molecular formula is C19H8Br6O5S. The van der Waals surface area contributed by atoms with Gasteiger partial charge in [-0.15, -0.1) is 0 Å². The van der Waals surface area contributed by atoms with Crippen LogP contribution in [0.2, 0.25) is 0 Å². The zero-order valence-electron chi connectivity index (χ0n) is 14.8. The first-order valence-electron chi connectivity index (χ1n) is 8.22. The van der Waals surface area contributed by atoms with Crippen LogP contribution in [0.4, 0.5) is 0 Å². The predicted octanol–water partition coefficient (Wildman–Crippen LogP) is 7.68. The summed E-state index contributed by atoms with van der Waals surface area (Å²) >= 11 is 20.6. The number of aromatic hydroxyl groups is 2. The molecular weight excluding hydrogens is 820 g/mol. The summed E-state index contributed by atoms with van der Waals surface area (Å²) in [7, 11) is -4.24. The first-order chi connectivity index (χ1) is 14.4. The van der Waals surface area contributed by atoms with Crippen LogP contribution in [0.5, 0.6) is 11.5 Å². The molecule has 0 saturated heterocycles. The van der Waals surface area contributed by atoms with Crippen molar-refractivity contribution in [2.24, 2.45) is 0 Å². The van der Waals surface area contributed by atoms with Crippen molar-refractivity contribution in [3.8, 4) is 11.5 Å². The van der Waals surface area contributed by atoms with Crippen molar-refractivity contribution in [1.29, 1.82) is 0 Å². The van der Waals surface area contributed by atoms with Gasteiger partial charge >= 0.3 is 0 Å². The molecule has 0 aliphatic carbocycles. The highest BCUT2D eigenvalue weighted by Gasteiger charge is 2.55. The van der Waals surface area contributed by atoms with Gasteiger partial charge in [0.25, 0.3) is 10.1 Å². The van der Waals surface area contributed by atoms with Crippen molar-refractivity contribution in [2.45, 2.75) is 10.5 Å². The van der Waals surface area contributed by atoms with Crippen LogP contribution >= 0.6 is 95.6 Å². The molecule has 0 radical (unpaired) electrons. The molecule has 4 rings (SSSR count). The van der Waals surface area contributed by atoms with E-state index >= 15 is 0 Å². The lowest BCUT2D eigenvalue weighted by Crippen LogP contribution is -2.30. The highest BCUT2D eigenvalue weighted by atomic mass is 79.9. The normalized spacial score (nSPS) is 19.4. The highest BCUT2D eigenvalue weighted by Crippen LogP contribution is 2.59. The van der Waals surface area contributed by atoms with Crippen LogP contribution in [-0.2, 0) is 19.9 Å². The summed E-state index contributed by atoms with van der Waals surface area (Å²) in [6.45, 7) is 0. The van der Waals surface area contributed by atoms with E-state index < -0.39 is 15.7 Å². The summed E-state index contributed by atoms with van der Waals surface area (Å²) in [5.41, 5.74) is -0.431. The minimum atomic E-state index is -4.24. The lowest BCUT2D eigenvalue weighted by molar-refractivity contribution is 0.178. The first kappa shape index (κ1) is 24.2. The average Bonchev–Trinajstić information content (AvgIpc) is 2.97. The van der Waals surface area contributed by atoms with Gasteiger partial charge in [-0.05, 0) is 119 Å². The summed E-state index contributed by atoms with van der Waals surface area (Å²) in [5.74, 6) is -0.0158. The van der Waals surface area contributed by atoms with Crippen LogP contribution < -0.4 is 0 Å². The minimum absolute atomic E-state index is 0.0168. The van der Waals surface area contributed by atoms with E-state index in [9.17, 15) is 18.6 Å². The second-order valence-electron chi connectivity index (χ2n) is 6.49. The lowest BCUT2D eigenvalue weighted by Gasteiger charge is -2.31. The molecule has 3 aromatic carbocycles. The molecule has 1 aliphatic rings. The van der Waals surface area contributed by atoms with Crippen molar-refractivity contribution in [3.05, 3.63) is 79.9 Å². The van der Waals surface area contributed by atoms with Gasteiger partial charge < -0.3 is 10.2 Å². The Morgan fingerprint density at radius 3 is 1.90 bits per heavy atom. The van der Waals surface area contributed by atoms with E-state index in [1.54, 1.807) is 18.2 Å². The van der Waals surface area contributed by atoms with Gasteiger partial charge in [0.1, 0.15) is 16.4 Å². The predicted molar refractivity (Wildman–Crippen MR) is 137 cm³/mol. The molecule has 0 bridgehead atoms. The van der Waals surface area contributed by atoms with Gasteiger partial charge in [0.05, 0.1) is 8.95 Å². The van der Waals surface area contributed by atoms with Crippen molar-refractivity contribution in [3.63, 3.8) is 0 Å². The van der Waals surface area contributed by atoms with E-state index in [-0.39, 0.29) is 16.4 Å². The summed E-state index contributed by atoms with van der Waals surface area (Å²) in [6.07, 6.45) is 0. The SMILES string of the molecule is O=S1(=O)OC(c2ccc(O)cc2)(c2ccc(O)c(Br)c2Br)c2c(Br)c(Br)c(Br)c(Br)c21. The third-order valence-electron chi connectivity index (χ3n) is 4.78. The molecule has 0 saturated carbocycles. The monoisotopic (exact) mass is 822 g/mol.